The minimum Gasteiger partial charge on any atom is -0.390 e. The maximum Gasteiger partial charge on any atom is 0.287 e. The smallest absolute Gasteiger partial charge is 0.287 e. The standard InChI is InChI=1S/C9H13F2N3O3S2/c10-9(11,4-15)3-13-8-6(7(12)14-18-8)19(16,17)5-1-2-5/h5,13,15H,1-4H2,(H2,12,14). The van der Waals surface area contributed by atoms with Gasteiger partial charge in [-0.3, -0.25) is 0 Å². The van der Waals surface area contributed by atoms with E-state index in [0.29, 0.717) is 12.8 Å². The van der Waals surface area contributed by atoms with E-state index in [1.807, 2.05) is 0 Å². The summed E-state index contributed by atoms with van der Waals surface area (Å²) in [6.07, 6.45) is 1.09. The van der Waals surface area contributed by atoms with E-state index in [0.717, 1.165) is 11.5 Å². The Morgan fingerprint density at radius 3 is 2.68 bits per heavy atom. The zero-order valence-corrected chi connectivity index (χ0v) is 11.4. The number of hydrogen-bond donors (Lipinski definition) is 3. The molecule has 1 aromatic rings. The molecule has 0 aromatic carbocycles. The molecular formula is C9H13F2N3O3S2. The van der Waals surface area contributed by atoms with Crippen LogP contribution in [0.25, 0.3) is 0 Å². The molecule has 0 unspecified atom stereocenters. The molecule has 10 heteroatoms. The second kappa shape index (κ2) is 4.84. The molecule has 0 radical (unpaired) electrons. The van der Waals surface area contributed by atoms with Crippen molar-refractivity contribution >= 4 is 32.2 Å². The molecule has 108 valence electrons. The van der Waals surface area contributed by atoms with Crippen molar-refractivity contribution in [3.63, 3.8) is 0 Å². The second-order valence-corrected chi connectivity index (χ2v) is 7.28. The Labute approximate surface area is 112 Å². The van der Waals surface area contributed by atoms with Crippen LogP contribution in [-0.2, 0) is 9.84 Å². The lowest BCUT2D eigenvalue weighted by molar-refractivity contribution is -0.0372. The van der Waals surface area contributed by atoms with Gasteiger partial charge in [-0.15, -0.1) is 0 Å². The largest absolute Gasteiger partial charge is 0.390 e. The summed E-state index contributed by atoms with van der Waals surface area (Å²) in [4.78, 5) is -0.200. The van der Waals surface area contributed by atoms with Gasteiger partial charge in [0, 0.05) is 0 Å². The lowest BCUT2D eigenvalue weighted by Crippen LogP contribution is -2.31. The number of nitrogen functional groups attached to an aromatic ring is 1. The minimum atomic E-state index is -3.61. The van der Waals surface area contributed by atoms with Crippen LogP contribution < -0.4 is 11.1 Å². The number of nitrogens with one attached hydrogen (secondary N) is 1. The summed E-state index contributed by atoms with van der Waals surface area (Å²) in [6, 6.07) is 0. The van der Waals surface area contributed by atoms with E-state index in [9.17, 15) is 17.2 Å². The van der Waals surface area contributed by atoms with Crippen LogP contribution in [0.3, 0.4) is 0 Å². The lowest BCUT2D eigenvalue weighted by Gasteiger charge is -2.14. The number of alkyl halides is 2. The van der Waals surface area contributed by atoms with Gasteiger partial charge in [0.15, 0.2) is 15.7 Å². The molecule has 0 aliphatic heterocycles. The van der Waals surface area contributed by atoms with Crippen molar-refractivity contribution in [3.05, 3.63) is 0 Å². The molecule has 0 saturated heterocycles. The average Bonchev–Trinajstić information content (AvgIpc) is 3.12. The monoisotopic (exact) mass is 313 g/mol. The molecule has 0 bridgehead atoms. The van der Waals surface area contributed by atoms with E-state index in [1.165, 1.54) is 0 Å². The first-order chi connectivity index (χ1) is 8.78. The van der Waals surface area contributed by atoms with E-state index in [-0.39, 0.29) is 15.7 Å². The molecule has 0 amide bonds. The second-order valence-electron chi connectivity index (χ2n) is 4.34. The molecular weight excluding hydrogens is 300 g/mol. The normalized spacial score (nSPS) is 16.6. The van der Waals surface area contributed by atoms with E-state index in [1.54, 1.807) is 0 Å². The predicted molar refractivity (Wildman–Crippen MR) is 67.3 cm³/mol. The van der Waals surface area contributed by atoms with Gasteiger partial charge in [-0.25, -0.2) is 17.2 Å². The van der Waals surface area contributed by atoms with Gasteiger partial charge in [0.2, 0.25) is 0 Å². The maximum atomic E-state index is 12.9. The molecule has 1 heterocycles. The fourth-order valence-corrected chi connectivity index (χ4v) is 4.37. The number of nitrogens with zero attached hydrogens (tertiary/aromatic N) is 1. The Morgan fingerprint density at radius 1 is 1.53 bits per heavy atom. The third kappa shape index (κ3) is 2.95. The molecule has 1 saturated carbocycles. The molecule has 0 atom stereocenters. The van der Waals surface area contributed by atoms with Crippen molar-refractivity contribution in [2.75, 3.05) is 24.2 Å². The molecule has 1 aliphatic carbocycles. The van der Waals surface area contributed by atoms with Crippen molar-refractivity contribution in [3.8, 4) is 0 Å². The van der Waals surface area contributed by atoms with E-state index in [2.05, 4.69) is 9.69 Å². The number of sulfone groups is 1. The van der Waals surface area contributed by atoms with Gasteiger partial charge in [-0.2, -0.15) is 4.37 Å². The molecule has 1 aromatic heterocycles. The van der Waals surface area contributed by atoms with Gasteiger partial charge >= 0.3 is 0 Å². The van der Waals surface area contributed by atoms with E-state index >= 15 is 0 Å². The van der Waals surface area contributed by atoms with Crippen molar-refractivity contribution in [2.24, 2.45) is 0 Å². The van der Waals surface area contributed by atoms with Crippen molar-refractivity contribution in [1.29, 1.82) is 0 Å². The molecule has 4 N–H and O–H groups in total. The number of halogens is 2. The number of aliphatic hydroxyl groups excluding tert-OH is 1. The zero-order valence-electron chi connectivity index (χ0n) is 9.77. The molecule has 2 rings (SSSR count). The summed E-state index contributed by atoms with van der Waals surface area (Å²) in [5, 5.41) is 10.3. The first kappa shape index (κ1) is 14.4. The lowest BCUT2D eigenvalue weighted by atomic mass is 10.3. The quantitative estimate of drug-likeness (QED) is 0.714. The van der Waals surface area contributed by atoms with Gasteiger partial charge in [0.25, 0.3) is 5.92 Å². The summed E-state index contributed by atoms with van der Waals surface area (Å²) < 4.78 is 53.8. The Morgan fingerprint density at radius 2 is 2.16 bits per heavy atom. The third-order valence-corrected chi connectivity index (χ3v) is 5.94. The van der Waals surface area contributed by atoms with Crippen LogP contribution >= 0.6 is 11.5 Å². The van der Waals surface area contributed by atoms with Crippen LogP contribution in [0.2, 0.25) is 0 Å². The number of rotatable bonds is 6. The van der Waals surface area contributed by atoms with Crippen molar-refractivity contribution in [1.82, 2.24) is 4.37 Å². The van der Waals surface area contributed by atoms with Gasteiger partial charge < -0.3 is 16.2 Å². The number of aliphatic hydroxyl groups is 1. The Hall–Kier alpha value is -1.00. The highest BCUT2D eigenvalue weighted by Gasteiger charge is 2.41. The Balaban J connectivity index is 2.23. The molecule has 1 aliphatic rings. The van der Waals surface area contributed by atoms with E-state index < -0.39 is 34.2 Å². The summed E-state index contributed by atoms with van der Waals surface area (Å²) in [5.74, 6) is -3.51. The van der Waals surface area contributed by atoms with Crippen LogP contribution in [0.1, 0.15) is 12.8 Å². The Kier molecular flexibility index (Phi) is 3.67. The van der Waals surface area contributed by atoms with Crippen molar-refractivity contribution < 1.29 is 22.3 Å². The van der Waals surface area contributed by atoms with Crippen LogP contribution in [0.5, 0.6) is 0 Å². The van der Waals surface area contributed by atoms with Gasteiger partial charge in [-0.1, -0.05) is 0 Å². The molecule has 6 nitrogen and oxygen atoms in total. The highest BCUT2D eigenvalue weighted by molar-refractivity contribution is 7.92. The maximum absolute atomic E-state index is 12.9. The van der Waals surface area contributed by atoms with E-state index in [4.69, 9.17) is 10.8 Å². The first-order valence-corrected chi connectivity index (χ1v) is 7.81. The van der Waals surface area contributed by atoms with Gasteiger partial charge in [-0.05, 0) is 24.4 Å². The summed E-state index contributed by atoms with van der Waals surface area (Å²) in [7, 11) is -3.61. The fourth-order valence-electron chi connectivity index (χ4n) is 1.49. The average molecular weight is 313 g/mol. The minimum absolute atomic E-state index is 0.00229. The van der Waals surface area contributed by atoms with Crippen molar-refractivity contribution in [2.45, 2.75) is 28.9 Å². The number of anilines is 2. The van der Waals surface area contributed by atoms with Gasteiger partial charge in [0.1, 0.15) is 16.5 Å². The zero-order chi connectivity index (χ0) is 14.3. The van der Waals surface area contributed by atoms with Crippen LogP contribution in [-0.4, -0.2) is 42.2 Å². The van der Waals surface area contributed by atoms with Crippen LogP contribution in [0.4, 0.5) is 19.6 Å². The first-order valence-electron chi connectivity index (χ1n) is 5.49. The number of nitrogens with two attached hydrogens (primary N) is 1. The number of aromatic nitrogens is 1. The highest BCUT2D eigenvalue weighted by atomic mass is 32.2. The van der Waals surface area contributed by atoms with Crippen LogP contribution in [0.15, 0.2) is 4.90 Å². The molecule has 1 fully saturated rings. The van der Waals surface area contributed by atoms with Gasteiger partial charge in [0.05, 0.1) is 11.8 Å². The van der Waals surface area contributed by atoms with Crippen LogP contribution in [0, 0.1) is 0 Å². The predicted octanol–water partition coefficient (Wildman–Crippen LogP) is 0.701. The topological polar surface area (TPSA) is 105 Å². The SMILES string of the molecule is Nc1nsc(NCC(F)(F)CO)c1S(=O)(=O)C1CC1. The molecule has 19 heavy (non-hydrogen) atoms. The summed E-state index contributed by atoms with van der Waals surface area (Å²) in [6.45, 7) is -2.20. The number of hydrogen-bond acceptors (Lipinski definition) is 7. The summed E-state index contributed by atoms with van der Waals surface area (Å²) in [5.41, 5.74) is 5.51. The molecule has 0 spiro atoms. The fraction of sp³-hybridized carbons (Fsp3) is 0.667. The Bertz CT molecular complexity index is 569. The third-order valence-electron chi connectivity index (χ3n) is 2.66. The summed E-state index contributed by atoms with van der Waals surface area (Å²) >= 11 is 0.719. The highest BCUT2D eigenvalue weighted by Crippen LogP contribution is 2.41.